The molecule has 0 saturated heterocycles. The van der Waals surface area contributed by atoms with Crippen LogP contribution in [0.5, 0.6) is 0 Å². The number of nitrogens with zero attached hydrogens (tertiary/aromatic N) is 2. The Morgan fingerprint density at radius 2 is 0.914 bits per heavy atom. The van der Waals surface area contributed by atoms with Gasteiger partial charge < -0.3 is 13.9 Å². The average molecular weight is 909 g/mol. The zero-order valence-corrected chi connectivity index (χ0v) is 38.6. The molecule has 0 radical (unpaired) electrons. The molecule has 0 unspecified atom stereocenters. The Morgan fingerprint density at radius 3 is 1.73 bits per heavy atom. The van der Waals surface area contributed by atoms with E-state index < -0.39 is 0 Å². The van der Waals surface area contributed by atoms with Gasteiger partial charge in [0.1, 0.15) is 11.2 Å². The second-order valence-corrected chi connectivity index (χ2v) is 19.4. The molecule has 0 N–H and O–H groups in total. The molecule has 12 aromatic carbocycles. The van der Waals surface area contributed by atoms with Gasteiger partial charge in [-0.3, -0.25) is 0 Å². The minimum atomic E-state index is 0.854. The lowest BCUT2D eigenvalue weighted by Crippen LogP contribution is -2.12. The number of rotatable bonds is 6. The van der Waals surface area contributed by atoms with Gasteiger partial charge in [0, 0.05) is 53.1 Å². The number of aromatic nitrogens is 1. The molecule has 3 nitrogen and oxygen atoms in total. The predicted molar refractivity (Wildman–Crippen MR) is 299 cm³/mol. The van der Waals surface area contributed by atoms with E-state index in [4.69, 9.17) is 4.42 Å². The van der Waals surface area contributed by atoms with Crippen LogP contribution in [0, 0.1) is 0 Å². The van der Waals surface area contributed by atoms with Crippen molar-refractivity contribution in [3.8, 4) is 27.9 Å². The fourth-order valence-electron chi connectivity index (χ4n) is 11.6. The van der Waals surface area contributed by atoms with Crippen LogP contribution in [0.4, 0.5) is 17.1 Å². The first-order valence-electron chi connectivity index (χ1n) is 23.9. The van der Waals surface area contributed by atoms with Crippen molar-refractivity contribution < 1.29 is 4.42 Å². The highest BCUT2D eigenvalue weighted by atomic mass is 32.1. The second-order valence-electron chi connectivity index (χ2n) is 18.3. The van der Waals surface area contributed by atoms with Gasteiger partial charge in [-0.1, -0.05) is 170 Å². The van der Waals surface area contributed by atoms with Crippen molar-refractivity contribution in [1.82, 2.24) is 4.57 Å². The van der Waals surface area contributed by atoms with Crippen LogP contribution >= 0.6 is 11.3 Å². The van der Waals surface area contributed by atoms with Crippen molar-refractivity contribution >= 4 is 125 Å². The van der Waals surface area contributed by atoms with E-state index in [2.05, 4.69) is 252 Å². The highest BCUT2D eigenvalue weighted by molar-refractivity contribution is 7.25. The molecule has 0 aliphatic carbocycles. The number of furan rings is 1. The maximum absolute atomic E-state index is 6.69. The predicted octanol–water partition coefficient (Wildman–Crippen LogP) is 19.3. The molecule has 4 heteroatoms. The van der Waals surface area contributed by atoms with Gasteiger partial charge in [0.15, 0.2) is 0 Å². The summed E-state index contributed by atoms with van der Waals surface area (Å²) in [4.78, 5) is 2.53. The van der Waals surface area contributed by atoms with Crippen LogP contribution in [0.25, 0.3) is 124 Å². The highest BCUT2D eigenvalue weighted by Gasteiger charge is 2.27. The molecule has 0 amide bonds. The van der Waals surface area contributed by atoms with E-state index in [1.165, 1.54) is 74.4 Å². The number of hydrogen-bond acceptors (Lipinski definition) is 3. The molecular formula is C66H40N2OS. The Morgan fingerprint density at radius 1 is 0.329 bits per heavy atom. The van der Waals surface area contributed by atoms with E-state index in [-0.39, 0.29) is 0 Å². The first-order valence-corrected chi connectivity index (χ1v) is 24.7. The molecule has 0 bridgehead atoms. The highest BCUT2D eigenvalue weighted by Crippen LogP contribution is 2.52. The van der Waals surface area contributed by atoms with E-state index in [0.29, 0.717) is 0 Å². The van der Waals surface area contributed by atoms with Gasteiger partial charge in [0.25, 0.3) is 0 Å². The lowest BCUT2D eigenvalue weighted by atomic mass is 9.89. The fourth-order valence-corrected chi connectivity index (χ4v) is 12.7. The summed E-state index contributed by atoms with van der Waals surface area (Å²) in [6.45, 7) is 0. The van der Waals surface area contributed by atoms with Gasteiger partial charge in [-0.05, 0) is 116 Å². The average Bonchev–Trinajstić information content (AvgIpc) is 4.11. The Labute approximate surface area is 406 Å². The Kier molecular flexibility index (Phi) is 8.53. The monoisotopic (exact) mass is 908 g/mol. The molecule has 15 rings (SSSR count). The molecule has 3 aromatic heterocycles. The van der Waals surface area contributed by atoms with Crippen LogP contribution in [-0.4, -0.2) is 4.57 Å². The van der Waals surface area contributed by atoms with Crippen molar-refractivity contribution in [2.45, 2.75) is 0 Å². The molecule has 0 atom stereocenters. The van der Waals surface area contributed by atoms with Crippen LogP contribution < -0.4 is 4.90 Å². The van der Waals surface area contributed by atoms with Crippen molar-refractivity contribution in [3.05, 3.63) is 243 Å². The van der Waals surface area contributed by atoms with Crippen molar-refractivity contribution in [2.24, 2.45) is 0 Å². The van der Waals surface area contributed by atoms with Crippen molar-refractivity contribution in [2.75, 3.05) is 4.90 Å². The number of fused-ring (bicyclic) bond motifs is 15. The Bertz CT molecular complexity index is 4610. The van der Waals surface area contributed by atoms with Crippen LogP contribution in [0.3, 0.4) is 0 Å². The first-order chi connectivity index (χ1) is 34.7. The van der Waals surface area contributed by atoms with E-state index in [9.17, 15) is 0 Å². The summed E-state index contributed by atoms with van der Waals surface area (Å²) in [6.07, 6.45) is 0. The van der Waals surface area contributed by atoms with Gasteiger partial charge in [-0.2, -0.15) is 0 Å². The molecule has 0 spiro atoms. The SMILES string of the molecule is c1ccc(-c2ccccc2-n2c3ccccc3c3c(-c4cc5c6ccccc6c6ccccc6c5cc4N(c4ccc5sc6ccccc6c5c4)c4cccc5oc6ccccc6c45)cccc32)cc1. The molecule has 0 aliphatic rings. The third kappa shape index (κ3) is 5.75. The van der Waals surface area contributed by atoms with Crippen LogP contribution in [-0.2, 0) is 0 Å². The molecule has 0 saturated carbocycles. The van der Waals surface area contributed by atoms with Gasteiger partial charge in [-0.15, -0.1) is 11.3 Å². The van der Waals surface area contributed by atoms with Crippen LogP contribution in [0.2, 0.25) is 0 Å². The van der Waals surface area contributed by atoms with Crippen molar-refractivity contribution in [3.63, 3.8) is 0 Å². The third-order valence-electron chi connectivity index (χ3n) is 14.6. The van der Waals surface area contributed by atoms with Gasteiger partial charge in [-0.25, -0.2) is 0 Å². The van der Waals surface area contributed by atoms with E-state index in [0.717, 1.165) is 66.8 Å². The fraction of sp³-hybridized carbons (Fsp3) is 0. The molecule has 70 heavy (non-hydrogen) atoms. The van der Waals surface area contributed by atoms with Gasteiger partial charge >= 0.3 is 0 Å². The molecule has 0 fully saturated rings. The van der Waals surface area contributed by atoms with E-state index in [1.54, 1.807) is 0 Å². The standard InChI is InChI=1S/C66H40N2OS/c1-2-18-41(19-3-1)43-20-8-12-29-56(43)68-57-30-13-9-26-50(57)65-49(28-16-31-58(65)68)54-39-52-46-23-6-4-21-44(46)45-22-5-7-24-47(45)53(52)40-60(54)67(42-36-37-64-55(38-42)48-25-11-15-35-63(48)70-64)59-32-17-34-62-66(59)51-27-10-14-33-61(51)69-62/h1-40H. The normalized spacial score (nSPS) is 12.0. The molecule has 326 valence electrons. The molecule has 3 heterocycles. The Balaban J connectivity index is 1.12. The number of benzene rings is 12. The topological polar surface area (TPSA) is 21.3 Å². The minimum Gasteiger partial charge on any atom is -0.456 e. The summed E-state index contributed by atoms with van der Waals surface area (Å²) in [7, 11) is 0. The summed E-state index contributed by atoms with van der Waals surface area (Å²) in [5.41, 5.74) is 13.1. The smallest absolute Gasteiger partial charge is 0.137 e. The maximum atomic E-state index is 6.69. The second kappa shape index (κ2) is 15.3. The summed E-state index contributed by atoms with van der Waals surface area (Å²) >= 11 is 1.85. The summed E-state index contributed by atoms with van der Waals surface area (Å²) < 4.78 is 11.7. The zero-order valence-electron chi connectivity index (χ0n) is 37.8. The summed E-state index contributed by atoms with van der Waals surface area (Å²) in [5.74, 6) is 0. The van der Waals surface area contributed by atoms with E-state index in [1.807, 2.05) is 11.3 Å². The van der Waals surface area contributed by atoms with E-state index >= 15 is 0 Å². The lowest BCUT2D eigenvalue weighted by molar-refractivity contribution is 0.669. The zero-order chi connectivity index (χ0) is 45.9. The van der Waals surface area contributed by atoms with Crippen LogP contribution in [0.15, 0.2) is 247 Å². The number of anilines is 3. The van der Waals surface area contributed by atoms with Gasteiger partial charge in [0.2, 0.25) is 0 Å². The quantitative estimate of drug-likeness (QED) is 0.155. The molecule has 0 aliphatic heterocycles. The number of para-hydroxylation sites is 3. The largest absolute Gasteiger partial charge is 0.456 e. The first kappa shape index (κ1) is 39.1. The molecular weight excluding hydrogens is 869 g/mol. The Hall–Kier alpha value is -8.96. The minimum absolute atomic E-state index is 0.854. The van der Waals surface area contributed by atoms with Crippen molar-refractivity contribution in [1.29, 1.82) is 0 Å². The maximum Gasteiger partial charge on any atom is 0.137 e. The summed E-state index contributed by atoms with van der Waals surface area (Å²) in [5, 5.41) is 14.4. The third-order valence-corrected chi connectivity index (χ3v) is 15.7. The summed E-state index contributed by atoms with van der Waals surface area (Å²) in [6, 6.07) is 89.1. The van der Waals surface area contributed by atoms with Gasteiger partial charge in [0.05, 0.1) is 33.5 Å². The molecule has 15 aromatic rings. The van der Waals surface area contributed by atoms with Crippen LogP contribution in [0.1, 0.15) is 0 Å². The number of thiophene rings is 1. The lowest BCUT2D eigenvalue weighted by Gasteiger charge is -2.30. The number of hydrogen-bond donors (Lipinski definition) is 0.